The molecule has 0 aromatic heterocycles. The predicted molar refractivity (Wildman–Crippen MR) is 85.1 cm³/mol. The minimum Gasteiger partial charge on any atom is -0.370 e. The second-order valence-electron chi connectivity index (χ2n) is 5.34. The molecule has 25 heavy (non-hydrogen) atoms. The van der Waals surface area contributed by atoms with Gasteiger partial charge in [0.15, 0.2) is 0 Å². The molecule has 1 atom stereocenters. The maximum Gasteiger partial charge on any atom is 0.253 e. The Kier molecular flexibility index (Phi) is 6.73. The Balaban J connectivity index is 2.04. The highest BCUT2D eigenvalue weighted by atomic mass is 19.3. The molecule has 1 heterocycles. The first-order chi connectivity index (χ1) is 11.9. The number of carbonyl (C=O) groups is 2. The van der Waals surface area contributed by atoms with Crippen molar-refractivity contribution < 1.29 is 27.5 Å². The number of benzene rings is 1. The molecule has 7 nitrogen and oxygen atoms in total. The van der Waals surface area contributed by atoms with Crippen LogP contribution in [-0.4, -0.2) is 57.1 Å². The zero-order chi connectivity index (χ0) is 18.4. The third kappa shape index (κ3) is 5.15. The number of halogens is 3. The molecule has 1 saturated heterocycles. The lowest BCUT2D eigenvalue weighted by molar-refractivity contribution is -0.125. The Labute approximate surface area is 142 Å². The van der Waals surface area contributed by atoms with Gasteiger partial charge in [-0.3, -0.25) is 14.9 Å². The fraction of sp³-hybridized carbons (Fsp3) is 0.467. The molecule has 1 aliphatic heterocycles. The van der Waals surface area contributed by atoms with Gasteiger partial charge in [-0.05, 0) is 18.2 Å². The molecule has 2 amide bonds. The Morgan fingerprint density at radius 2 is 2.16 bits per heavy atom. The standard InChI is InChI=1S/C15H19F3N4O3/c16-10-5-9(21-15(24)11(6-19)20-7-13(17)18)1-2-12(10)22-3-4-25-8-14(22)23/h1-2,5,11,13,20H,3-4,6-8,19H2,(H,21,24)/t11-/m0/s1. The van der Waals surface area contributed by atoms with Crippen molar-refractivity contribution in [2.24, 2.45) is 5.73 Å². The van der Waals surface area contributed by atoms with E-state index in [1.54, 1.807) is 0 Å². The van der Waals surface area contributed by atoms with Crippen LogP contribution in [0.15, 0.2) is 18.2 Å². The predicted octanol–water partition coefficient (Wildman–Crippen LogP) is 0.309. The average molecular weight is 360 g/mol. The van der Waals surface area contributed by atoms with Crippen LogP contribution < -0.4 is 21.3 Å². The summed E-state index contributed by atoms with van der Waals surface area (Å²) in [5.41, 5.74) is 5.59. The van der Waals surface area contributed by atoms with Crippen LogP contribution in [0.25, 0.3) is 0 Å². The van der Waals surface area contributed by atoms with E-state index in [0.717, 1.165) is 6.07 Å². The normalized spacial score (nSPS) is 16.2. The molecule has 0 unspecified atom stereocenters. The number of hydrogen-bond acceptors (Lipinski definition) is 5. The van der Waals surface area contributed by atoms with Gasteiger partial charge in [-0.25, -0.2) is 13.2 Å². The van der Waals surface area contributed by atoms with E-state index in [-0.39, 0.29) is 37.0 Å². The highest BCUT2D eigenvalue weighted by Gasteiger charge is 2.23. The highest BCUT2D eigenvalue weighted by molar-refractivity contribution is 5.97. The summed E-state index contributed by atoms with van der Waals surface area (Å²) in [6.45, 7) is -0.457. The van der Waals surface area contributed by atoms with Gasteiger partial charge in [0.2, 0.25) is 5.91 Å². The molecular weight excluding hydrogens is 341 g/mol. The van der Waals surface area contributed by atoms with Crippen molar-refractivity contribution in [2.45, 2.75) is 12.5 Å². The lowest BCUT2D eigenvalue weighted by Gasteiger charge is -2.27. The number of rotatable bonds is 7. The van der Waals surface area contributed by atoms with Crippen LogP contribution in [0.1, 0.15) is 0 Å². The molecular formula is C15H19F3N4O3. The number of morpholine rings is 1. The summed E-state index contributed by atoms with van der Waals surface area (Å²) in [6, 6.07) is 2.80. The molecule has 0 aliphatic carbocycles. The average Bonchev–Trinajstić information content (AvgIpc) is 2.56. The van der Waals surface area contributed by atoms with Crippen LogP contribution in [0, 0.1) is 5.82 Å². The molecule has 4 N–H and O–H groups in total. The molecule has 0 saturated carbocycles. The summed E-state index contributed by atoms with van der Waals surface area (Å²) < 4.78 is 43.7. The van der Waals surface area contributed by atoms with Crippen LogP contribution in [0.2, 0.25) is 0 Å². The van der Waals surface area contributed by atoms with Gasteiger partial charge >= 0.3 is 0 Å². The van der Waals surface area contributed by atoms with E-state index in [9.17, 15) is 22.8 Å². The van der Waals surface area contributed by atoms with Crippen molar-refractivity contribution in [1.82, 2.24) is 5.32 Å². The molecule has 1 aromatic rings. The van der Waals surface area contributed by atoms with Gasteiger partial charge in [-0.2, -0.15) is 0 Å². The van der Waals surface area contributed by atoms with E-state index in [1.807, 2.05) is 0 Å². The van der Waals surface area contributed by atoms with Gasteiger partial charge in [-0.15, -0.1) is 0 Å². The van der Waals surface area contributed by atoms with Crippen molar-refractivity contribution >= 4 is 23.2 Å². The van der Waals surface area contributed by atoms with Gasteiger partial charge in [0.05, 0.1) is 24.9 Å². The van der Waals surface area contributed by atoms with Crippen LogP contribution in [0.3, 0.4) is 0 Å². The van der Waals surface area contributed by atoms with Crippen LogP contribution >= 0.6 is 0 Å². The number of ether oxygens (including phenoxy) is 1. The second-order valence-corrected chi connectivity index (χ2v) is 5.34. The molecule has 2 rings (SSSR count). The van der Waals surface area contributed by atoms with E-state index in [0.29, 0.717) is 6.61 Å². The van der Waals surface area contributed by atoms with Crippen molar-refractivity contribution in [1.29, 1.82) is 0 Å². The first-order valence-electron chi connectivity index (χ1n) is 7.62. The third-order valence-electron chi connectivity index (χ3n) is 3.56. The van der Waals surface area contributed by atoms with Crippen molar-refractivity contribution in [3.05, 3.63) is 24.0 Å². The monoisotopic (exact) mass is 360 g/mol. The summed E-state index contributed by atoms with van der Waals surface area (Å²) >= 11 is 0. The molecule has 1 fully saturated rings. The van der Waals surface area contributed by atoms with Crippen molar-refractivity contribution in [2.75, 3.05) is 43.1 Å². The minimum absolute atomic E-state index is 0.0810. The maximum absolute atomic E-state index is 14.3. The van der Waals surface area contributed by atoms with Gasteiger partial charge in [0, 0.05) is 18.8 Å². The lowest BCUT2D eigenvalue weighted by atomic mass is 10.2. The third-order valence-corrected chi connectivity index (χ3v) is 3.56. The second kappa shape index (κ2) is 8.79. The van der Waals surface area contributed by atoms with E-state index in [1.165, 1.54) is 17.0 Å². The zero-order valence-corrected chi connectivity index (χ0v) is 13.3. The number of amides is 2. The number of anilines is 2. The maximum atomic E-state index is 14.3. The summed E-state index contributed by atoms with van der Waals surface area (Å²) in [7, 11) is 0. The molecule has 0 radical (unpaired) electrons. The highest BCUT2D eigenvalue weighted by Crippen LogP contribution is 2.24. The smallest absolute Gasteiger partial charge is 0.253 e. The van der Waals surface area contributed by atoms with Crippen LogP contribution in [0.5, 0.6) is 0 Å². The first kappa shape index (κ1) is 19.2. The minimum atomic E-state index is -2.62. The van der Waals surface area contributed by atoms with Gasteiger partial charge in [0.1, 0.15) is 12.4 Å². The van der Waals surface area contributed by atoms with E-state index >= 15 is 0 Å². The Morgan fingerprint density at radius 1 is 1.40 bits per heavy atom. The Bertz CT molecular complexity index is 630. The molecule has 1 aliphatic rings. The van der Waals surface area contributed by atoms with E-state index in [2.05, 4.69) is 10.6 Å². The fourth-order valence-corrected chi connectivity index (χ4v) is 2.32. The lowest BCUT2D eigenvalue weighted by Crippen LogP contribution is -2.47. The Morgan fingerprint density at radius 3 is 2.76 bits per heavy atom. The van der Waals surface area contributed by atoms with Crippen molar-refractivity contribution in [3.63, 3.8) is 0 Å². The number of nitrogens with two attached hydrogens (primary N) is 1. The summed E-state index contributed by atoms with van der Waals surface area (Å²) in [6.07, 6.45) is -2.62. The molecule has 0 spiro atoms. The van der Waals surface area contributed by atoms with Gasteiger partial charge in [0.25, 0.3) is 12.3 Å². The van der Waals surface area contributed by atoms with Gasteiger partial charge < -0.3 is 20.7 Å². The largest absolute Gasteiger partial charge is 0.370 e. The zero-order valence-electron chi connectivity index (χ0n) is 13.3. The molecule has 1 aromatic carbocycles. The van der Waals surface area contributed by atoms with Gasteiger partial charge in [-0.1, -0.05) is 0 Å². The molecule has 0 bridgehead atoms. The van der Waals surface area contributed by atoms with E-state index < -0.39 is 30.7 Å². The number of hydrogen-bond donors (Lipinski definition) is 3. The number of carbonyl (C=O) groups excluding carboxylic acids is 2. The molecule has 10 heteroatoms. The number of nitrogens with one attached hydrogen (secondary N) is 2. The first-order valence-corrected chi connectivity index (χ1v) is 7.62. The number of nitrogens with zero attached hydrogens (tertiary/aromatic N) is 1. The molecule has 138 valence electrons. The fourth-order valence-electron chi connectivity index (χ4n) is 2.32. The van der Waals surface area contributed by atoms with Crippen LogP contribution in [0.4, 0.5) is 24.5 Å². The van der Waals surface area contributed by atoms with Crippen molar-refractivity contribution in [3.8, 4) is 0 Å². The topological polar surface area (TPSA) is 96.7 Å². The van der Waals surface area contributed by atoms with E-state index in [4.69, 9.17) is 10.5 Å². The Hall–Kier alpha value is -2.17. The SMILES string of the molecule is NC[C@H](NCC(F)F)C(=O)Nc1ccc(N2CCOCC2=O)c(F)c1. The quantitative estimate of drug-likeness (QED) is 0.650. The summed E-state index contributed by atoms with van der Waals surface area (Å²) in [4.78, 5) is 25.0. The van der Waals surface area contributed by atoms with Crippen LogP contribution in [-0.2, 0) is 14.3 Å². The summed E-state index contributed by atoms with van der Waals surface area (Å²) in [5.74, 6) is -1.71. The summed E-state index contributed by atoms with van der Waals surface area (Å²) in [5, 5.41) is 4.73. The number of alkyl halides is 2.